The number of fused-ring (bicyclic) bond motifs is 2. The first-order valence-corrected chi connectivity index (χ1v) is 15.4. The Kier molecular flexibility index (Phi) is 6.05. The Morgan fingerprint density at radius 1 is 1.26 bits per heavy atom. The molecule has 2 aromatic rings. The molecule has 1 saturated heterocycles. The van der Waals surface area contributed by atoms with Crippen LogP contribution in [-0.4, -0.2) is 61.3 Å². The molecule has 1 aliphatic carbocycles. The maximum atomic E-state index is 13.0. The van der Waals surface area contributed by atoms with Crippen molar-refractivity contribution in [2.75, 3.05) is 32.1 Å². The van der Waals surface area contributed by atoms with Crippen LogP contribution in [0.2, 0.25) is 19.6 Å². The molecule has 6 heteroatoms. The summed E-state index contributed by atoms with van der Waals surface area (Å²) in [5, 5.41) is 1.37. The van der Waals surface area contributed by atoms with Crippen molar-refractivity contribution >= 4 is 31.1 Å². The number of nitrogens with one attached hydrogen (secondary N) is 1. The first-order valence-electron chi connectivity index (χ1n) is 11.9. The topological polar surface area (TPSA) is 40.5 Å². The lowest BCUT2D eigenvalue weighted by molar-refractivity contribution is 0.157. The molecule has 31 heavy (non-hydrogen) atoms. The van der Waals surface area contributed by atoms with Crippen LogP contribution in [0.25, 0.3) is 17.0 Å². The highest BCUT2D eigenvalue weighted by Gasteiger charge is 2.38. The molecule has 1 aromatic heterocycles. The van der Waals surface area contributed by atoms with Crippen LogP contribution in [0.1, 0.15) is 49.4 Å². The summed E-state index contributed by atoms with van der Waals surface area (Å²) in [6.07, 6.45) is 5.85. The average Bonchev–Trinajstić information content (AvgIpc) is 3.01. The number of likely N-dealkylation sites (tertiary alicyclic amines) is 1. The SMILES string of the molecule is CCN(CC)C(=O)Nn1c(C=C[Si](C)(C)C)c2c3c(cccc31)[C@H]1CCCN(C)[C@@H]1C2. The zero-order chi connectivity index (χ0) is 22.3. The molecular formula is C25H38N4OSi. The number of piperidine rings is 1. The molecule has 0 unspecified atom stereocenters. The van der Waals surface area contributed by atoms with Crippen LogP contribution in [-0.2, 0) is 6.42 Å². The van der Waals surface area contributed by atoms with Crippen LogP contribution < -0.4 is 5.43 Å². The smallest absolute Gasteiger partial charge is 0.324 e. The number of carbonyl (C=O) groups is 1. The van der Waals surface area contributed by atoms with E-state index in [1.807, 2.05) is 18.7 Å². The van der Waals surface area contributed by atoms with Gasteiger partial charge in [-0.3, -0.25) is 4.68 Å². The molecule has 2 atom stereocenters. The van der Waals surface area contributed by atoms with Crippen LogP contribution >= 0.6 is 0 Å². The lowest BCUT2D eigenvalue weighted by Gasteiger charge is -2.42. The third-order valence-corrected chi connectivity index (χ3v) is 8.20. The standard InChI is InChI=1S/C25H38N4OSi/c1-7-28(8-2)25(30)26-29-21(14-16-31(4,5)6)20-17-23-18(12-10-15-27(23)3)19-11-9-13-22(29)24(19)20/h9,11,13-14,16,18,23H,7-8,10,12,15,17H2,1-6H3,(H,26,30)/t18-,23-/m1/s1. The summed E-state index contributed by atoms with van der Waals surface area (Å²) in [7, 11) is 0.882. The second-order valence-electron chi connectivity index (χ2n) is 10.2. The number of nitrogens with zero attached hydrogens (tertiary/aromatic N) is 3. The minimum absolute atomic E-state index is 0.0321. The van der Waals surface area contributed by atoms with Gasteiger partial charge < -0.3 is 9.80 Å². The largest absolute Gasteiger partial charge is 0.336 e. The lowest BCUT2D eigenvalue weighted by atomic mass is 9.75. The van der Waals surface area contributed by atoms with Gasteiger partial charge in [0.15, 0.2) is 0 Å². The number of carbonyl (C=O) groups excluding carboxylic acids is 1. The Morgan fingerprint density at radius 3 is 2.68 bits per heavy atom. The number of amides is 2. The average molecular weight is 439 g/mol. The molecule has 0 saturated carbocycles. The number of hydrogen-bond acceptors (Lipinski definition) is 2. The minimum Gasteiger partial charge on any atom is -0.324 e. The summed E-state index contributed by atoms with van der Waals surface area (Å²) in [5.74, 6) is 0.582. The number of aromatic nitrogens is 1. The minimum atomic E-state index is -1.39. The first kappa shape index (κ1) is 22.2. The predicted octanol–water partition coefficient (Wildman–Crippen LogP) is 5.27. The molecule has 0 bridgehead atoms. The molecular weight excluding hydrogens is 400 g/mol. The van der Waals surface area contributed by atoms with Crippen molar-refractivity contribution in [1.82, 2.24) is 14.5 Å². The van der Waals surface area contributed by atoms with Crippen molar-refractivity contribution in [2.24, 2.45) is 0 Å². The van der Waals surface area contributed by atoms with Gasteiger partial charge in [0, 0.05) is 30.4 Å². The highest BCUT2D eigenvalue weighted by Crippen LogP contribution is 2.45. The van der Waals surface area contributed by atoms with Crippen molar-refractivity contribution in [3.8, 4) is 0 Å². The van der Waals surface area contributed by atoms with E-state index in [1.54, 1.807) is 0 Å². The zero-order valence-corrected chi connectivity index (χ0v) is 21.0. The van der Waals surface area contributed by atoms with E-state index in [0.717, 1.165) is 17.6 Å². The number of hydrogen-bond donors (Lipinski definition) is 1. The van der Waals surface area contributed by atoms with Gasteiger partial charge in [0.1, 0.15) is 0 Å². The highest BCUT2D eigenvalue weighted by molar-refractivity contribution is 6.81. The van der Waals surface area contributed by atoms with Gasteiger partial charge in [-0.1, -0.05) is 37.5 Å². The van der Waals surface area contributed by atoms with E-state index in [1.165, 1.54) is 35.9 Å². The Morgan fingerprint density at radius 2 is 2.00 bits per heavy atom. The summed E-state index contributed by atoms with van der Waals surface area (Å²) >= 11 is 0. The van der Waals surface area contributed by atoms with E-state index >= 15 is 0 Å². The Labute approximate surface area is 188 Å². The van der Waals surface area contributed by atoms with Crippen LogP contribution in [0.15, 0.2) is 23.9 Å². The molecule has 1 aliphatic heterocycles. The summed E-state index contributed by atoms with van der Waals surface area (Å²) in [6.45, 7) is 13.7. The van der Waals surface area contributed by atoms with Gasteiger partial charge in [0.05, 0.1) is 19.3 Å². The van der Waals surface area contributed by atoms with Crippen LogP contribution in [0.5, 0.6) is 0 Å². The maximum absolute atomic E-state index is 13.0. The van der Waals surface area contributed by atoms with E-state index in [0.29, 0.717) is 25.0 Å². The normalized spacial score (nSPS) is 21.5. The Hall–Kier alpha value is -2.05. The molecule has 5 nitrogen and oxygen atoms in total. The molecule has 168 valence electrons. The van der Waals surface area contributed by atoms with Gasteiger partial charge >= 0.3 is 6.03 Å². The molecule has 4 rings (SSSR count). The molecule has 2 heterocycles. The molecule has 1 N–H and O–H groups in total. The van der Waals surface area contributed by atoms with Gasteiger partial charge in [-0.25, -0.2) is 10.2 Å². The number of likely N-dealkylation sites (N-methyl/N-ethyl adjacent to an activating group) is 1. The fourth-order valence-electron chi connectivity index (χ4n) is 5.38. The monoisotopic (exact) mass is 438 g/mol. The number of rotatable bonds is 5. The molecule has 0 spiro atoms. The molecule has 1 fully saturated rings. The summed E-state index contributed by atoms with van der Waals surface area (Å²) < 4.78 is 2.07. The summed E-state index contributed by atoms with van der Waals surface area (Å²) in [6, 6.07) is 7.17. The quantitative estimate of drug-likeness (QED) is 0.646. The molecule has 1 aromatic carbocycles. The van der Waals surface area contributed by atoms with Gasteiger partial charge in [0.2, 0.25) is 0 Å². The third kappa shape index (κ3) is 4.08. The fraction of sp³-hybridized carbons (Fsp3) is 0.560. The Bertz CT molecular complexity index is 999. The van der Waals surface area contributed by atoms with Gasteiger partial charge in [0.25, 0.3) is 0 Å². The molecule has 0 radical (unpaired) electrons. The van der Waals surface area contributed by atoms with E-state index < -0.39 is 8.07 Å². The number of urea groups is 1. The van der Waals surface area contributed by atoms with Crippen molar-refractivity contribution < 1.29 is 4.79 Å². The van der Waals surface area contributed by atoms with E-state index in [4.69, 9.17) is 0 Å². The number of benzene rings is 1. The van der Waals surface area contributed by atoms with Gasteiger partial charge in [-0.2, -0.15) is 0 Å². The van der Waals surface area contributed by atoms with Gasteiger partial charge in [-0.05, 0) is 70.0 Å². The van der Waals surface area contributed by atoms with Crippen LogP contribution in [0.4, 0.5) is 4.79 Å². The third-order valence-electron chi connectivity index (χ3n) is 7.04. The highest BCUT2D eigenvalue weighted by atomic mass is 28.3. The van der Waals surface area contributed by atoms with E-state index in [-0.39, 0.29) is 6.03 Å². The second kappa shape index (κ2) is 8.47. The Balaban J connectivity index is 1.90. The van der Waals surface area contributed by atoms with Crippen molar-refractivity contribution in [2.45, 2.75) is 64.7 Å². The second-order valence-corrected chi connectivity index (χ2v) is 15.3. The maximum Gasteiger partial charge on any atom is 0.336 e. The van der Waals surface area contributed by atoms with Crippen molar-refractivity contribution in [1.29, 1.82) is 0 Å². The van der Waals surface area contributed by atoms with Gasteiger partial charge in [-0.15, -0.1) is 0 Å². The summed E-state index contributed by atoms with van der Waals surface area (Å²) in [4.78, 5) is 17.4. The van der Waals surface area contributed by atoms with Crippen LogP contribution in [0.3, 0.4) is 0 Å². The van der Waals surface area contributed by atoms with Crippen molar-refractivity contribution in [3.05, 3.63) is 40.7 Å². The summed E-state index contributed by atoms with van der Waals surface area (Å²) in [5.41, 5.74) is 10.8. The lowest BCUT2D eigenvalue weighted by Crippen LogP contribution is -2.44. The van der Waals surface area contributed by atoms with Crippen molar-refractivity contribution in [3.63, 3.8) is 0 Å². The molecule has 2 aliphatic rings. The molecule has 2 amide bonds. The first-order chi connectivity index (χ1) is 14.7. The van der Waals surface area contributed by atoms with E-state index in [2.05, 4.69) is 71.7 Å². The fourth-order valence-corrected chi connectivity index (χ4v) is 6.04. The van der Waals surface area contributed by atoms with Crippen LogP contribution in [0, 0.1) is 0 Å². The zero-order valence-electron chi connectivity index (χ0n) is 20.0. The van der Waals surface area contributed by atoms with E-state index in [9.17, 15) is 4.79 Å². The predicted molar refractivity (Wildman–Crippen MR) is 134 cm³/mol.